The van der Waals surface area contributed by atoms with Gasteiger partial charge in [-0.25, -0.2) is 19.2 Å². The Morgan fingerprint density at radius 2 is 1.03 bits per heavy atom. The van der Waals surface area contributed by atoms with Crippen molar-refractivity contribution in [1.29, 1.82) is 0 Å². The molecule has 0 heterocycles. The smallest absolute Gasteiger partial charge is 0.345 e. The van der Waals surface area contributed by atoms with E-state index in [-0.39, 0.29) is 47.0 Å². The van der Waals surface area contributed by atoms with Gasteiger partial charge in [0.2, 0.25) is 0 Å². The molecule has 0 aliphatic heterocycles. The van der Waals surface area contributed by atoms with E-state index >= 15 is 0 Å². The van der Waals surface area contributed by atoms with Crippen molar-refractivity contribution in [1.82, 2.24) is 0 Å². The molecule has 0 aliphatic carbocycles. The Morgan fingerprint density at radius 1 is 0.526 bits per heavy atom. The van der Waals surface area contributed by atoms with Crippen LogP contribution in [0, 0.1) is 0 Å². The maximum absolute atomic E-state index is 13.5. The van der Waals surface area contributed by atoms with Crippen LogP contribution < -0.4 is 9.47 Å². The maximum Gasteiger partial charge on any atom is 0.345 e. The Labute approximate surface area is 218 Å². The predicted molar refractivity (Wildman–Crippen MR) is 139 cm³/mol. The number of benzene rings is 4. The van der Waals surface area contributed by atoms with E-state index in [1.54, 1.807) is 68.4 Å². The van der Waals surface area contributed by atoms with E-state index < -0.39 is 23.9 Å². The fourth-order valence-electron chi connectivity index (χ4n) is 3.83. The number of hydrogen-bond acceptors (Lipinski definition) is 8. The van der Waals surface area contributed by atoms with Gasteiger partial charge < -0.3 is 18.9 Å². The van der Waals surface area contributed by atoms with Crippen LogP contribution in [-0.2, 0) is 9.47 Å². The molecule has 0 amide bonds. The zero-order valence-electron chi connectivity index (χ0n) is 20.8. The molecule has 0 spiro atoms. The summed E-state index contributed by atoms with van der Waals surface area (Å²) in [4.78, 5) is 51.6. The summed E-state index contributed by atoms with van der Waals surface area (Å²) in [7, 11) is 0. The van der Waals surface area contributed by atoms with E-state index in [0.29, 0.717) is 10.8 Å². The lowest BCUT2D eigenvalue weighted by Crippen LogP contribution is -2.20. The van der Waals surface area contributed by atoms with Gasteiger partial charge in [-0.1, -0.05) is 54.6 Å². The lowest BCUT2D eigenvalue weighted by Gasteiger charge is -2.14. The van der Waals surface area contributed by atoms with Crippen LogP contribution in [0.5, 0.6) is 11.5 Å². The number of hydrogen-bond donors (Lipinski definition) is 0. The molecule has 0 aliphatic rings. The molecule has 8 heteroatoms. The topological polar surface area (TPSA) is 105 Å². The van der Waals surface area contributed by atoms with Crippen LogP contribution in [0.1, 0.15) is 55.3 Å². The van der Waals surface area contributed by atoms with Gasteiger partial charge in [0.25, 0.3) is 0 Å². The quantitative estimate of drug-likeness (QED) is 0.221. The van der Waals surface area contributed by atoms with Crippen molar-refractivity contribution in [3.05, 3.63) is 107 Å². The Bertz CT molecular complexity index is 1520. The zero-order chi connectivity index (χ0) is 27.1. The number of ether oxygens (including phenoxy) is 4. The van der Waals surface area contributed by atoms with E-state index in [0.717, 1.165) is 0 Å². The first-order valence-corrected chi connectivity index (χ1v) is 11.9. The van der Waals surface area contributed by atoms with Crippen molar-refractivity contribution in [3.8, 4) is 11.5 Å². The third-order valence-electron chi connectivity index (χ3n) is 5.52. The molecule has 0 unspecified atom stereocenters. The van der Waals surface area contributed by atoms with Gasteiger partial charge in [0, 0.05) is 0 Å². The van der Waals surface area contributed by atoms with Crippen molar-refractivity contribution >= 4 is 34.6 Å². The molecule has 192 valence electrons. The number of para-hydroxylation sites is 2. The number of rotatable bonds is 8. The first-order valence-electron chi connectivity index (χ1n) is 11.9. The molecule has 0 radical (unpaired) electrons. The van der Waals surface area contributed by atoms with Gasteiger partial charge >= 0.3 is 23.9 Å². The van der Waals surface area contributed by atoms with Crippen LogP contribution in [-0.4, -0.2) is 37.1 Å². The number of carbonyl (C=O) groups excluding carboxylic acids is 4. The van der Waals surface area contributed by atoms with Crippen molar-refractivity contribution in [2.45, 2.75) is 13.8 Å². The van der Waals surface area contributed by atoms with E-state index in [2.05, 4.69) is 0 Å². The summed E-state index contributed by atoms with van der Waals surface area (Å²) < 4.78 is 21.3. The SMILES string of the molecule is CCOC(=O)c1ccccc1OC(=O)c1ccc2ccccc2c1C(=O)Oc1ccccc1C(=O)OCC. The Hall–Kier alpha value is -4.98. The third-order valence-corrected chi connectivity index (χ3v) is 5.52. The fourth-order valence-corrected chi connectivity index (χ4v) is 3.83. The highest BCUT2D eigenvalue weighted by Crippen LogP contribution is 2.28. The molecule has 38 heavy (non-hydrogen) atoms. The predicted octanol–water partition coefficient (Wildman–Crippen LogP) is 5.63. The summed E-state index contributed by atoms with van der Waals surface area (Å²) in [5, 5.41) is 1.13. The normalized spacial score (nSPS) is 10.5. The van der Waals surface area contributed by atoms with Crippen molar-refractivity contribution in [2.75, 3.05) is 13.2 Å². The minimum Gasteiger partial charge on any atom is -0.462 e. The summed E-state index contributed by atoms with van der Waals surface area (Å²) in [6, 6.07) is 22.4. The molecule has 0 aromatic heterocycles. The van der Waals surface area contributed by atoms with Crippen molar-refractivity contribution in [2.24, 2.45) is 0 Å². The number of esters is 4. The number of fused-ring (bicyclic) bond motifs is 1. The fraction of sp³-hybridized carbons (Fsp3) is 0.133. The van der Waals surface area contributed by atoms with Crippen molar-refractivity contribution < 1.29 is 38.1 Å². The Balaban J connectivity index is 1.74. The van der Waals surface area contributed by atoms with Crippen LogP contribution >= 0.6 is 0 Å². The minimum atomic E-state index is -0.877. The lowest BCUT2D eigenvalue weighted by atomic mass is 9.98. The summed E-state index contributed by atoms with van der Waals surface area (Å²) in [6.07, 6.45) is 0. The van der Waals surface area contributed by atoms with Gasteiger partial charge in [0.1, 0.15) is 22.6 Å². The molecule has 0 saturated carbocycles. The molecule has 4 aromatic rings. The summed E-state index contributed by atoms with van der Waals surface area (Å²) in [5.41, 5.74) is -0.00670. The van der Waals surface area contributed by atoms with Gasteiger partial charge in [-0.2, -0.15) is 0 Å². The summed E-state index contributed by atoms with van der Waals surface area (Å²) in [5.74, 6) is -3.08. The summed E-state index contributed by atoms with van der Waals surface area (Å²) >= 11 is 0. The first-order chi connectivity index (χ1) is 18.4. The lowest BCUT2D eigenvalue weighted by molar-refractivity contribution is 0.0506. The summed E-state index contributed by atoms with van der Waals surface area (Å²) in [6.45, 7) is 3.63. The molecule has 0 N–H and O–H groups in total. The standard InChI is InChI=1S/C30H24O8/c1-3-35-27(31)21-13-7-9-15-24(21)37-29(33)23-18-17-19-11-5-6-12-20(19)26(23)30(34)38-25-16-10-8-14-22(25)28(32)36-4-2/h5-18H,3-4H2,1-2H3. The van der Waals surface area contributed by atoms with Gasteiger partial charge in [-0.3, -0.25) is 0 Å². The highest BCUT2D eigenvalue weighted by atomic mass is 16.6. The average Bonchev–Trinajstić information content (AvgIpc) is 2.93. The van der Waals surface area contributed by atoms with E-state index in [4.69, 9.17) is 18.9 Å². The van der Waals surface area contributed by atoms with Gasteiger partial charge in [-0.15, -0.1) is 0 Å². The first kappa shape index (κ1) is 26.1. The largest absolute Gasteiger partial charge is 0.462 e. The van der Waals surface area contributed by atoms with Crippen LogP contribution in [0.25, 0.3) is 10.8 Å². The highest BCUT2D eigenvalue weighted by molar-refractivity contribution is 6.14. The van der Waals surface area contributed by atoms with Gasteiger partial charge in [-0.05, 0) is 55.0 Å². The maximum atomic E-state index is 13.5. The second-order valence-corrected chi connectivity index (χ2v) is 7.92. The van der Waals surface area contributed by atoms with Crippen LogP contribution in [0.4, 0.5) is 0 Å². The second kappa shape index (κ2) is 11.8. The zero-order valence-corrected chi connectivity index (χ0v) is 20.8. The molecule has 0 atom stereocenters. The van der Waals surface area contributed by atoms with Crippen molar-refractivity contribution in [3.63, 3.8) is 0 Å². The number of carbonyl (C=O) groups is 4. The van der Waals surface area contributed by atoms with Crippen LogP contribution in [0.3, 0.4) is 0 Å². The Morgan fingerprint density at radius 3 is 1.61 bits per heavy atom. The van der Waals surface area contributed by atoms with E-state index in [9.17, 15) is 19.2 Å². The molecule has 0 bridgehead atoms. The van der Waals surface area contributed by atoms with Crippen LogP contribution in [0.15, 0.2) is 84.9 Å². The molecule has 0 fully saturated rings. The van der Waals surface area contributed by atoms with Crippen LogP contribution in [0.2, 0.25) is 0 Å². The molecule has 8 nitrogen and oxygen atoms in total. The van der Waals surface area contributed by atoms with Gasteiger partial charge in [0.05, 0.1) is 24.3 Å². The second-order valence-electron chi connectivity index (χ2n) is 7.92. The molecular weight excluding hydrogens is 488 g/mol. The minimum absolute atomic E-state index is 0.0175. The Kier molecular flexibility index (Phi) is 8.13. The molecule has 0 saturated heterocycles. The average molecular weight is 513 g/mol. The van der Waals surface area contributed by atoms with E-state index in [1.807, 2.05) is 0 Å². The van der Waals surface area contributed by atoms with E-state index in [1.165, 1.54) is 30.3 Å². The molecular formula is C30H24O8. The molecule has 4 rings (SSSR count). The van der Waals surface area contributed by atoms with Gasteiger partial charge in [0.15, 0.2) is 0 Å². The highest BCUT2D eigenvalue weighted by Gasteiger charge is 2.26. The molecule has 4 aromatic carbocycles. The third kappa shape index (κ3) is 5.54. The monoisotopic (exact) mass is 512 g/mol.